The van der Waals surface area contributed by atoms with Gasteiger partial charge in [0.25, 0.3) is 0 Å². The average molecular weight is 303 g/mol. The molecule has 2 nitrogen and oxygen atoms in total. The number of rotatable bonds is 2. The summed E-state index contributed by atoms with van der Waals surface area (Å²) in [5.74, 6) is 0.111. The van der Waals surface area contributed by atoms with E-state index >= 15 is 0 Å². The zero-order valence-electron chi connectivity index (χ0n) is 11.6. The van der Waals surface area contributed by atoms with Crippen LogP contribution in [0, 0.1) is 6.92 Å². The molecule has 0 fully saturated rings. The molecular formula is C16H17NOS2. The molecule has 0 N–H and O–H groups in total. The number of carbonyl (C=O) groups is 1. The third-order valence-corrected chi connectivity index (χ3v) is 5.67. The van der Waals surface area contributed by atoms with Gasteiger partial charge >= 0.3 is 0 Å². The average Bonchev–Trinajstić information content (AvgIpc) is 3.05. The lowest BCUT2D eigenvalue weighted by atomic mass is 10.0. The van der Waals surface area contributed by atoms with E-state index in [0.29, 0.717) is 0 Å². The second kappa shape index (κ2) is 5.54. The topological polar surface area (TPSA) is 20.3 Å². The number of carbonyl (C=O) groups excluding carboxylic acids is 1. The largest absolute Gasteiger partial charge is 0.332 e. The minimum absolute atomic E-state index is 0.111. The van der Waals surface area contributed by atoms with Gasteiger partial charge in [-0.2, -0.15) is 0 Å². The van der Waals surface area contributed by atoms with Crippen molar-refractivity contribution in [2.75, 3.05) is 6.54 Å². The predicted octanol–water partition coefficient (Wildman–Crippen LogP) is 4.28. The van der Waals surface area contributed by atoms with Crippen LogP contribution < -0.4 is 0 Å². The normalized spacial score (nSPS) is 18.5. The molecule has 0 saturated carbocycles. The minimum Gasteiger partial charge on any atom is -0.332 e. The van der Waals surface area contributed by atoms with Crippen molar-refractivity contribution >= 4 is 34.7 Å². The monoisotopic (exact) mass is 303 g/mol. The quantitative estimate of drug-likeness (QED) is 0.758. The first kappa shape index (κ1) is 13.6. The standard InChI is InChI=1S/C16H17NOS2/c1-11-3-4-13(20-11)5-6-16(18)17-9-7-15-14(12(17)2)8-10-19-15/h3-6,8,10,12H,7,9H2,1-2H3/b6-5+/t12-/m1/s1. The van der Waals surface area contributed by atoms with Gasteiger partial charge < -0.3 is 4.90 Å². The van der Waals surface area contributed by atoms with Crippen molar-refractivity contribution in [1.29, 1.82) is 0 Å². The Morgan fingerprint density at radius 2 is 2.25 bits per heavy atom. The van der Waals surface area contributed by atoms with Crippen molar-refractivity contribution in [3.05, 3.63) is 49.9 Å². The molecule has 3 rings (SSSR count). The summed E-state index contributed by atoms with van der Waals surface area (Å²) >= 11 is 3.51. The predicted molar refractivity (Wildman–Crippen MR) is 86.2 cm³/mol. The molecule has 0 bridgehead atoms. The fourth-order valence-corrected chi connectivity index (χ4v) is 4.35. The molecule has 2 aromatic heterocycles. The summed E-state index contributed by atoms with van der Waals surface area (Å²) in [5.41, 5.74) is 1.31. The van der Waals surface area contributed by atoms with Crippen LogP contribution in [0.2, 0.25) is 0 Å². The highest BCUT2D eigenvalue weighted by atomic mass is 32.1. The molecule has 1 amide bonds. The maximum Gasteiger partial charge on any atom is 0.247 e. The van der Waals surface area contributed by atoms with E-state index in [1.54, 1.807) is 28.7 Å². The van der Waals surface area contributed by atoms with Crippen molar-refractivity contribution in [3.63, 3.8) is 0 Å². The maximum atomic E-state index is 12.4. The highest BCUT2D eigenvalue weighted by Gasteiger charge is 2.26. The smallest absolute Gasteiger partial charge is 0.247 e. The van der Waals surface area contributed by atoms with Gasteiger partial charge in [0, 0.05) is 27.3 Å². The van der Waals surface area contributed by atoms with Gasteiger partial charge in [0.1, 0.15) is 0 Å². The number of aryl methyl sites for hydroxylation is 1. The second-order valence-electron chi connectivity index (χ2n) is 5.04. The van der Waals surface area contributed by atoms with Crippen LogP contribution in [-0.4, -0.2) is 17.4 Å². The Hall–Kier alpha value is -1.39. The third kappa shape index (κ3) is 2.58. The van der Waals surface area contributed by atoms with Crippen LogP contribution in [0.3, 0.4) is 0 Å². The van der Waals surface area contributed by atoms with Gasteiger partial charge in [0.2, 0.25) is 5.91 Å². The van der Waals surface area contributed by atoms with E-state index in [1.165, 1.54) is 15.3 Å². The molecule has 0 saturated heterocycles. The van der Waals surface area contributed by atoms with Gasteiger partial charge in [-0.25, -0.2) is 0 Å². The summed E-state index contributed by atoms with van der Waals surface area (Å²) in [7, 11) is 0. The summed E-state index contributed by atoms with van der Waals surface area (Å²) in [6.45, 7) is 5.02. The summed E-state index contributed by atoms with van der Waals surface area (Å²) in [6.07, 6.45) is 4.62. The molecule has 0 spiro atoms. The van der Waals surface area contributed by atoms with E-state index in [9.17, 15) is 4.79 Å². The molecule has 0 aromatic carbocycles. The maximum absolute atomic E-state index is 12.4. The van der Waals surface area contributed by atoms with Gasteiger partial charge in [0.15, 0.2) is 0 Å². The number of hydrogen-bond donors (Lipinski definition) is 0. The number of nitrogens with zero attached hydrogens (tertiary/aromatic N) is 1. The van der Waals surface area contributed by atoms with Gasteiger partial charge in [0.05, 0.1) is 6.04 Å². The number of amides is 1. The van der Waals surface area contributed by atoms with Crippen molar-refractivity contribution in [2.45, 2.75) is 26.3 Å². The van der Waals surface area contributed by atoms with Crippen molar-refractivity contribution in [1.82, 2.24) is 4.90 Å². The molecule has 3 heterocycles. The fraction of sp³-hybridized carbons (Fsp3) is 0.312. The van der Waals surface area contributed by atoms with E-state index in [0.717, 1.165) is 17.8 Å². The molecule has 104 valence electrons. The Morgan fingerprint density at radius 3 is 3.00 bits per heavy atom. The zero-order chi connectivity index (χ0) is 14.1. The van der Waals surface area contributed by atoms with E-state index in [1.807, 2.05) is 11.0 Å². The molecule has 4 heteroatoms. The lowest BCUT2D eigenvalue weighted by Gasteiger charge is -2.32. The molecule has 0 radical (unpaired) electrons. The van der Waals surface area contributed by atoms with Crippen LogP contribution in [0.15, 0.2) is 29.7 Å². The summed E-state index contributed by atoms with van der Waals surface area (Å²) in [5, 5.41) is 2.12. The molecule has 0 aliphatic carbocycles. The van der Waals surface area contributed by atoms with E-state index in [4.69, 9.17) is 0 Å². The highest BCUT2D eigenvalue weighted by Crippen LogP contribution is 2.32. The molecular weight excluding hydrogens is 286 g/mol. The Bertz CT molecular complexity index is 653. The van der Waals surface area contributed by atoms with Crippen LogP contribution in [0.25, 0.3) is 6.08 Å². The van der Waals surface area contributed by atoms with Crippen LogP contribution in [0.4, 0.5) is 0 Å². The van der Waals surface area contributed by atoms with Crippen LogP contribution in [-0.2, 0) is 11.2 Å². The third-order valence-electron chi connectivity index (χ3n) is 3.71. The molecule has 20 heavy (non-hydrogen) atoms. The van der Waals surface area contributed by atoms with Gasteiger partial charge in [-0.1, -0.05) is 0 Å². The molecule has 1 aliphatic heterocycles. The SMILES string of the molecule is Cc1ccc(/C=C/C(=O)N2CCc3sccc3[C@H]2C)s1. The lowest BCUT2D eigenvalue weighted by molar-refractivity contribution is -0.128. The van der Waals surface area contributed by atoms with E-state index < -0.39 is 0 Å². The first-order valence-corrected chi connectivity index (χ1v) is 8.46. The molecule has 2 aromatic rings. The summed E-state index contributed by atoms with van der Waals surface area (Å²) in [6, 6.07) is 6.47. The van der Waals surface area contributed by atoms with Crippen molar-refractivity contribution < 1.29 is 4.79 Å². The van der Waals surface area contributed by atoms with Gasteiger partial charge in [-0.3, -0.25) is 4.79 Å². The summed E-state index contributed by atoms with van der Waals surface area (Å²) < 4.78 is 0. The second-order valence-corrected chi connectivity index (χ2v) is 7.36. The highest BCUT2D eigenvalue weighted by molar-refractivity contribution is 7.12. The van der Waals surface area contributed by atoms with Crippen LogP contribution >= 0.6 is 22.7 Å². The van der Waals surface area contributed by atoms with Crippen molar-refractivity contribution in [3.8, 4) is 0 Å². The van der Waals surface area contributed by atoms with Crippen LogP contribution in [0.5, 0.6) is 0 Å². The first-order valence-electron chi connectivity index (χ1n) is 6.76. The Morgan fingerprint density at radius 1 is 1.40 bits per heavy atom. The number of fused-ring (bicyclic) bond motifs is 1. The lowest BCUT2D eigenvalue weighted by Crippen LogP contribution is -2.37. The van der Waals surface area contributed by atoms with E-state index in [2.05, 4.69) is 37.4 Å². The zero-order valence-corrected chi connectivity index (χ0v) is 13.3. The molecule has 1 atom stereocenters. The summed E-state index contributed by atoms with van der Waals surface area (Å²) in [4.78, 5) is 18.2. The molecule has 0 unspecified atom stereocenters. The fourth-order valence-electron chi connectivity index (χ4n) is 2.60. The first-order chi connectivity index (χ1) is 9.65. The van der Waals surface area contributed by atoms with Crippen molar-refractivity contribution in [2.24, 2.45) is 0 Å². The number of hydrogen-bond acceptors (Lipinski definition) is 3. The van der Waals surface area contributed by atoms with Gasteiger partial charge in [-0.15, -0.1) is 22.7 Å². The Kier molecular flexibility index (Phi) is 3.76. The van der Waals surface area contributed by atoms with Gasteiger partial charge in [-0.05, 0) is 55.5 Å². The van der Waals surface area contributed by atoms with Crippen LogP contribution in [0.1, 0.15) is 33.2 Å². The Labute approximate surface area is 127 Å². The number of thiophene rings is 2. The minimum atomic E-state index is 0.111. The molecule has 1 aliphatic rings. The Balaban J connectivity index is 1.74. The van der Waals surface area contributed by atoms with E-state index in [-0.39, 0.29) is 11.9 Å².